The van der Waals surface area contributed by atoms with Crippen LogP contribution in [0.1, 0.15) is 38.7 Å². The van der Waals surface area contributed by atoms with Crippen LogP contribution in [0.4, 0.5) is 0 Å². The Hall–Kier alpha value is -1.16. The van der Waals surface area contributed by atoms with Crippen LogP contribution in [0.3, 0.4) is 0 Å². The molecule has 4 heteroatoms. The maximum Gasteiger partial charge on any atom is 0.179 e. The van der Waals surface area contributed by atoms with Gasteiger partial charge in [0.25, 0.3) is 0 Å². The van der Waals surface area contributed by atoms with Gasteiger partial charge in [-0.1, -0.05) is 26.7 Å². The zero-order valence-corrected chi connectivity index (χ0v) is 12.2. The molecular weight excluding hydrogens is 242 g/mol. The highest BCUT2D eigenvalue weighted by Crippen LogP contribution is 2.15. The number of H-pyrrole nitrogens is 1. The van der Waals surface area contributed by atoms with Gasteiger partial charge in [-0.25, -0.2) is 4.98 Å². The second-order valence-corrected chi connectivity index (χ2v) is 5.74. The zero-order valence-electron chi connectivity index (χ0n) is 11.4. The summed E-state index contributed by atoms with van der Waals surface area (Å²) in [5.41, 5.74) is 3.18. The predicted molar refractivity (Wildman–Crippen MR) is 78.3 cm³/mol. The van der Waals surface area contributed by atoms with Gasteiger partial charge in [0, 0.05) is 12.7 Å². The quantitative estimate of drug-likeness (QED) is 0.647. The smallest absolute Gasteiger partial charge is 0.179 e. The standard InChI is InChI=1S/C14H21N3S/c1-10(2)6-4-5-7-17-13-12(16-14(17)18)8-11(3)9-15-13/h8-10H,4-7H2,1-3H3,(H,16,18). The van der Waals surface area contributed by atoms with E-state index in [9.17, 15) is 0 Å². The number of hydrogen-bond donors (Lipinski definition) is 1. The van der Waals surface area contributed by atoms with Crippen molar-refractivity contribution in [2.45, 2.75) is 46.6 Å². The Kier molecular flexibility index (Phi) is 4.17. The number of rotatable bonds is 5. The maximum atomic E-state index is 5.36. The molecule has 0 saturated heterocycles. The van der Waals surface area contributed by atoms with Gasteiger partial charge in [0.1, 0.15) is 0 Å². The molecule has 0 amide bonds. The van der Waals surface area contributed by atoms with E-state index in [2.05, 4.69) is 34.4 Å². The first-order valence-corrected chi connectivity index (χ1v) is 7.04. The maximum absolute atomic E-state index is 5.36. The van der Waals surface area contributed by atoms with Crippen molar-refractivity contribution in [2.75, 3.05) is 0 Å². The number of pyridine rings is 1. The van der Waals surface area contributed by atoms with Gasteiger partial charge in [-0.3, -0.25) is 0 Å². The van der Waals surface area contributed by atoms with Crippen molar-refractivity contribution in [3.8, 4) is 0 Å². The third kappa shape index (κ3) is 2.99. The van der Waals surface area contributed by atoms with Gasteiger partial charge in [0.2, 0.25) is 0 Å². The van der Waals surface area contributed by atoms with Crippen LogP contribution in [0, 0.1) is 17.6 Å². The third-order valence-corrected chi connectivity index (χ3v) is 3.48. The second kappa shape index (κ2) is 5.65. The lowest BCUT2D eigenvalue weighted by Crippen LogP contribution is -2.00. The molecule has 0 saturated carbocycles. The summed E-state index contributed by atoms with van der Waals surface area (Å²) in [7, 11) is 0. The lowest BCUT2D eigenvalue weighted by Gasteiger charge is -2.06. The molecule has 2 aromatic heterocycles. The summed E-state index contributed by atoms with van der Waals surface area (Å²) in [5.74, 6) is 0.779. The molecule has 2 rings (SSSR count). The molecule has 98 valence electrons. The van der Waals surface area contributed by atoms with Gasteiger partial charge < -0.3 is 9.55 Å². The molecule has 0 aliphatic carbocycles. The number of nitrogens with one attached hydrogen (secondary N) is 1. The van der Waals surface area contributed by atoms with Crippen LogP contribution in [-0.4, -0.2) is 14.5 Å². The van der Waals surface area contributed by atoms with Gasteiger partial charge in [-0.05, 0) is 43.1 Å². The highest BCUT2D eigenvalue weighted by atomic mass is 32.1. The summed E-state index contributed by atoms with van der Waals surface area (Å²) in [6.07, 6.45) is 5.59. The molecule has 0 aliphatic rings. The number of aromatic amines is 1. The van der Waals surface area contributed by atoms with Crippen molar-refractivity contribution in [2.24, 2.45) is 5.92 Å². The molecule has 0 fully saturated rings. The summed E-state index contributed by atoms with van der Waals surface area (Å²) in [6.45, 7) is 7.54. The second-order valence-electron chi connectivity index (χ2n) is 5.36. The van der Waals surface area contributed by atoms with Crippen LogP contribution < -0.4 is 0 Å². The molecule has 18 heavy (non-hydrogen) atoms. The Labute approximate surface area is 113 Å². The van der Waals surface area contributed by atoms with E-state index in [1.807, 2.05) is 13.1 Å². The first kappa shape index (κ1) is 13.3. The Balaban J connectivity index is 2.13. The topological polar surface area (TPSA) is 33.6 Å². The Bertz CT molecular complexity index is 580. The number of unbranched alkanes of at least 4 members (excludes halogenated alkanes) is 1. The minimum atomic E-state index is 0.779. The van der Waals surface area contributed by atoms with Crippen LogP contribution in [0.25, 0.3) is 11.2 Å². The zero-order chi connectivity index (χ0) is 13.1. The summed E-state index contributed by atoms with van der Waals surface area (Å²) in [5, 5.41) is 0. The SMILES string of the molecule is Cc1cnc2c(c1)[nH]c(=S)n2CCCCC(C)C. The monoisotopic (exact) mass is 263 g/mol. The van der Waals surface area contributed by atoms with Gasteiger partial charge in [-0.2, -0.15) is 0 Å². The van der Waals surface area contributed by atoms with E-state index in [4.69, 9.17) is 12.2 Å². The van der Waals surface area contributed by atoms with Crippen LogP contribution in [0.15, 0.2) is 12.3 Å². The van der Waals surface area contributed by atoms with Crippen molar-refractivity contribution in [3.63, 3.8) is 0 Å². The number of imidazole rings is 1. The molecule has 0 aromatic carbocycles. The summed E-state index contributed by atoms with van der Waals surface area (Å²) in [6, 6.07) is 2.10. The molecule has 2 heterocycles. The lowest BCUT2D eigenvalue weighted by atomic mass is 10.1. The molecule has 0 bridgehead atoms. The average molecular weight is 263 g/mol. The molecule has 0 atom stereocenters. The van der Waals surface area contributed by atoms with Gasteiger partial charge >= 0.3 is 0 Å². The fraction of sp³-hybridized carbons (Fsp3) is 0.571. The largest absolute Gasteiger partial charge is 0.329 e. The summed E-state index contributed by atoms with van der Waals surface area (Å²) >= 11 is 5.36. The average Bonchev–Trinajstić information content (AvgIpc) is 2.59. The lowest BCUT2D eigenvalue weighted by molar-refractivity contribution is 0.510. The summed E-state index contributed by atoms with van der Waals surface area (Å²) < 4.78 is 2.90. The van der Waals surface area contributed by atoms with Crippen molar-refractivity contribution in [3.05, 3.63) is 22.6 Å². The molecular formula is C14H21N3S. The molecule has 3 nitrogen and oxygen atoms in total. The van der Waals surface area contributed by atoms with E-state index in [0.717, 1.165) is 40.4 Å². The Morgan fingerprint density at radius 2 is 2.17 bits per heavy atom. The van der Waals surface area contributed by atoms with E-state index in [0.29, 0.717) is 0 Å². The predicted octanol–water partition coefficient (Wildman–Crippen LogP) is 4.23. The van der Waals surface area contributed by atoms with E-state index in [1.165, 1.54) is 12.8 Å². The van der Waals surface area contributed by atoms with Gasteiger partial charge in [0.15, 0.2) is 10.4 Å². The summed E-state index contributed by atoms with van der Waals surface area (Å²) in [4.78, 5) is 7.71. The van der Waals surface area contributed by atoms with Crippen molar-refractivity contribution >= 4 is 23.4 Å². The van der Waals surface area contributed by atoms with E-state index >= 15 is 0 Å². The molecule has 0 unspecified atom stereocenters. The first-order chi connectivity index (χ1) is 8.58. The van der Waals surface area contributed by atoms with E-state index in [1.54, 1.807) is 0 Å². The van der Waals surface area contributed by atoms with E-state index < -0.39 is 0 Å². The number of hydrogen-bond acceptors (Lipinski definition) is 2. The number of fused-ring (bicyclic) bond motifs is 1. The van der Waals surface area contributed by atoms with E-state index in [-0.39, 0.29) is 0 Å². The van der Waals surface area contributed by atoms with Crippen LogP contribution >= 0.6 is 12.2 Å². The Morgan fingerprint density at radius 3 is 2.89 bits per heavy atom. The van der Waals surface area contributed by atoms with Crippen LogP contribution in [-0.2, 0) is 6.54 Å². The van der Waals surface area contributed by atoms with Gasteiger partial charge in [-0.15, -0.1) is 0 Å². The van der Waals surface area contributed by atoms with Crippen LogP contribution in [0.5, 0.6) is 0 Å². The van der Waals surface area contributed by atoms with Crippen LogP contribution in [0.2, 0.25) is 0 Å². The third-order valence-electron chi connectivity index (χ3n) is 3.16. The molecule has 0 radical (unpaired) electrons. The highest BCUT2D eigenvalue weighted by molar-refractivity contribution is 7.71. The highest BCUT2D eigenvalue weighted by Gasteiger charge is 2.05. The number of aromatic nitrogens is 3. The molecule has 0 aliphatic heterocycles. The fourth-order valence-electron chi connectivity index (χ4n) is 2.18. The minimum absolute atomic E-state index is 0.779. The van der Waals surface area contributed by atoms with Crippen molar-refractivity contribution in [1.29, 1.82) is 0 Å². The molecule has 1 N–H and O–H groups in total. The van der Waals surface area contributed by atoms with Gasteiger partial charge in [0.05, 0.1) is 5.52 Å². The first-order valence-electron chi connectivity index (χ1n) is 6.63. The molecule has 2 aromatic rings. The minimum Gasteiger partial charge on any atom is -0.329 e. The normalized spacial score (nSPS) is 11.6. The van der Waals surface area contributed by atoms with Crippen molar-refractivity contribution in [1.82, 2.24) is 14.5 Å². The number of nitrogens with zero attached hydrogens (tertiary/aromatic N) is 2. The molecule has 0 spiro atoms. The Morgan fingerprint density at radius 1 is 1.39 bits per heavy atom. The van der Waals surface area contributed by atoms with Crippen molar-refractivity contribution < 1.29 is 0 Å². The number of aryl methyl sites for hydroxylation is 2. The fourth-order valence-corrected chi connectivity index (χ4v) is 2.47.